The first-order chi connectivity index (χ1) is 29.0. The molecule has 1 aliphatic carbocycles. The molecule has 10 heteroatoms. The number of aromatic nitrogens is 1. The van der Waals surface area contributed by atoms with Crippen LogP contribution in [0.25, 0.3) is 11.1 Å². The van der Waals surface area contributed by atoms with Gasteiger partial charge in [0.05, 0.1) is 22.7 Å². The van der Waals surface area contributed by atoms with Crippen molar-refractivity contribution in [2.24, 2.45) is 0 Å². The zero-order valence-electron chi connectivity index (χ0n) is 34.6. The van der Waals surface area contributed by atoms with Crippen LogP contribution in [0.1, 0.15) is 102 Å². The van der Waals surface area contributed by atoms with Crippen LogP contribution in [0, 0.1) is 13.8 Å². The molecule has 0 unspecified atom stereocenters. The second-order valence-electron chi connectivity index (χ2n) is 16.7. The molecule has 4 atom stereocenters. The fraction of sp³-hybridized carbons (Fsp3) is 0.380. The summed E-state index contributed by atoms with van der Waals surface area (Å²) in [5, 5.41) is 14.3. The van der Waals surface area contributed by atoms with Crippen molar-refractivity contribution in [3.8, 4) is 22.6 Å². The molecule has 5 aromatic rings. The average Bonchev–Trinajstić information content (AvgIpc) is 3.71. The highest BCUT2D eigenvalue weighted by atomic mass is 35.5. The van der Waals surface area contributed by atoms with E-state index in [1.807, 2.05) is 55.5 Å². The van der Waals surface area contributed by atoms with Crippen LogP contribution in [0.4, 0.5) is 0 Å². The monoisotopic (exact) mass is 845 g/mol. The molecular weight excluding hydrogens is 793 g/mol. The number of aryl methyl sites for hydroxylation is 1. The zero-order valence-corrected chi connectivity index (χ0v) is 36.1. The number of hydrogen-bond donors (Lipinski definition) is 2. The van der Waals surface area contributed by atoms with Gasteiger partial charge in [0, 0.05) is 30.9 Å². The summed E-state index contributed by atoms with van der Waals surface area (Å²) in [6.45, 7) is 7.37. The van der Waals surface area contributed by atoms with E-state index >= 15 is 0 Å². The smallest absolute Gasteiger partial charge is 0.326 e. The van der Waals surface area contributed by atoms with E-state index in [1.165, 1.54) is 16.7 Å². The third-order valence-corrected chi connectivity index (χ3v) is 13.7. The predicted octanol–water partition coefficient (Wildman–Crippen LogP) is 10.8. The highest BCUT2D eigenvalue weighted by Crippen LogP contribution is 2.40. The van der Waals surface area contributed by atoms with E-state index in [-0.39, 0.29) is 30.4 Å². The molecular formula is C50H53Cl2N3O5. The lowest BCUT2D eigenvalue weighted by Crippen LogP contribution is -2.56. The van der Waals surface area contributed by atoms with Gasteiger partial charge in [-0.3, -0.25) is 14.7 Å². The third kappa shape index (κ3) is 9.21. The van der Waals surface area contributed by atoms with E-state index in [2.05, 4.69) is 65.4 Å². The minimum absolute atomic E-state index is 0.140. The lowest BCUT2D eigenvalue weighted by atomic mass is 9.86. The molecule has 1 amide bonds. The Hall–Kier alpha value is -4.89. The van der Waals surface area contributed by atoms with E-state index in [1.54, 1.807) is 6.20 Å². The molecule has 8 nitrogen and oxygen atoms in total. The number of hydrogen-bond acceptors (Lipinski definition) is 6. The van der Waals surface area contributed by atoms with Gasteiger partial charge < -0.3 is 19.9 Å². The standard InChI is InChI=1S/C50H53Cl2N3O5/c1-4-47(36-15-18-43(51)44(52)26-36)60-41-16-13-33(14-17-41)35-20-22-59-48-28-37-27-46(55(40-7-5-6-8-40)29-39(37)25-38(48)24-35)49(56)54-45(50(57)58)23-32-9-11-34(12-10-32)42-19-21-53-31(3)30(42)2/h9-19,21,25-26,28,35,40,45-47H,4-8,20,22-24,27,29H2,1-3H3,(H,54,56)(H,57,58)/t35-,45+,46+,47-/m1/s1. The van der Waals surface area contributed by atoms with Crippen molar-refractivity contribution in [3.05, 3.63) is 146 Å². The summed E-state index contributed by atoms with van der Waals surface area (Å²) in [5.41, 5.74) is 10.8. The maximum Gasteiger partial charge on any atom is 0.326 e. The lowest BCUT2D eigenvalue weighted by Gasteiger charge is -2.40. The van der Waals surface area contributed by atoms with Crippen molar-refractivity contribution in [3.63, 3.8) is 0 Å². The number of pyridine rings is 1. The first kappa shape index (κ1) is 41.8. The molecule has 2 aliphatic heterocycles. The Bertz CT molecular complexity index is 2340. The maximum absolute atomic E-state index is 14.3. The molecule has 60 heavy (non-hydrogen) atoms. The number of nitrogens with one attached hydrogen (secondary N) is 1. The van der Waals surface area contributed by atoms with Gasteiger partial charge in [-0.25, -0.2) is 4.79 Å². The first-order valence-electron chi connectivity index (χ1n) is 21.3. The van der Waals surface area contributed by atoms with E-state index in [4.69, 9.17) is 32.7 Å². The van der Waals surface area contributed by atoms with E-state index in [9.17, 15) is 14.7 Å². The Kier molecular flexibility index (Phi) is 12.8. The topological polar surface area (TPSA) is 101 Å². The molecule has 8 rings (SSSR count). The van der Waals surface area contributed by atoms with Crippen LogP contribution < -0.4 is 14.8 Å². The van der Waals surface area contributed by atoms with Gasteiger partial charge in [-0.15, -0.1) is 0 Å². The molecule has 2 N–H and O–H groups in total. The quantitative estimate of drug-likeness (QED) is 0.129. The highest BCUT2D eigenvalue weighted by Gasteiger charge is 2.39. The molecule has 0 saturated heterocycles. The van der Waals surface area contributed by atoms with Crippen LogP contribution in [0.15, 0.2) is 91.1 Å². The summed E-state index contributed by atoms with van der Waals surface area (Å²) >= 11 is 12.5. The molecule has 1 aromatic heterocycles. The second-order valence-corrected chi connectivity index (χ2v) is 17.5. The van der Waals surface area contributed by atoms with Gasteiger partial charge in [-0.05, 0) is 145 Å². The Morgan fingerprint density at radius 2 is 1.67 bits per heavy atom. The fourth-order valence-electron chi connectivity index (χ4n) is 9.37. The SMILES string of the molecule is CC[C@@H](Oc1ccc([C@@H]2CCOc3cc4c(cc3C2)CN(C2CCCC2)[C@H](C(=O)N[C@@H](Cc2ccc(-c3ccnc(C)c3C)cc2)C(=O)O)C4)cc1)c1ccc(Cl)c(Cl)c1. The number of carboxylic acid groups (broad SMARTS) is 1. The largest absolute Gasteiger partial charge is 0.493 e. The highest BCUT2D eigenvalue weighted by molar-refractivity contribution is 6.42. The number of rotatable bonds is 12. The molecule has 3 aliphatic rings. The summed E-state index contributed by atoms with van der Waals surface area (Å²) < 4.78 is 12.8. The molecule has 3 heterocycles. The molecule has 4 aromatic carbocycles. The minimum Gasteiger partial charge on any atom is -0.493 e. The Morgan fingerprint density at radius 3 is 2.38 bits per heavy atom. The van der Waals surface area contributed by atoms with Crippen molar-refractivity contribution < 1.29 is 24.2 Å². The molecule has 312 valence electrons. The van der Waals surface area contributed by atoms with Gasteiger partial charge in [0.25, 0.3) is 0 Å². The van der Waals surface area contributed by atoms with Gasteiger partial charge >= 0.3 is 5.97 Å². The Labute approximate surface area is 363 Å². The van der Waals surface area contributed by atoms with E-state index in [0.717, 1.165) is 95.5 Å². The number of halogens is 2. The Morgan fingerprint density at radius 1 is 0.900 bits per heavy atom. The average molecular weight is 847 g/mol. The molecule has 1 fully saturated rings. The molecule has 0 radical (unpaired) electrons. The lowest BCUT2D eigenvalue weighted by molar-refractivity contribution is -0.143. The summed E-state index contributed by atoms with van der Waals surface area (Å²) in [6.07, 6.45) is 9.21. The fourth-order valence-corrected chi connectivity index (χ4v) is 9.67. The number of amides is 1. The number of aliphatic carboxylic acids is 1. The summed E-state index contributed by atoms with van der Waals surface area (Å²) in [5.74, 6) is 0.681. The number of carbonyl (C=O) groups is 2. The first-order valence-corrected chi connectivity index (χ1v) is 22.1. The van der Waals surface area contributed by atoms with Crippen molar-refractivity contribution >= 4 is 35.1 Å². The van der Waals surface area contributed by atoms with Gasteiger partial charge in [0.15, 0.2) is 0 Å². The second kappa shape index (κ2) is 18.4. The van der Waals surface area contributed by atoms with Gasteiger partial charge in [-0.1, -0.05) is 91.5 Å². The van der Waals surface area contributed by atoms with Crippen molar-refractivity contribution in [1.29, 1.82) is 0 Å². The van der Waals surface area contributed by atoms with E-state index in [0.29, 0.717) is 29.6 Å². The number of carboxylic acids is 1. The van der Waals surface area contributed by atoms with Crippen LogP contribution >= 0.6 is 23.2 Å². The predicted molar refractivity (Wildman–Crippen MR) is 237 cm³/mol. The summed E-state index contributed by atoms with van der Waals surface area (Å²) in [7, 11) is 0. The normalized spacial score (nSPS) is 19.0. The van der Waals surface area contributed by atoms with Crippen LogP contribution in [-0.2, 0) is 35.4 Å². The number of benzene rings is 4. The van der Waals surface area contributed by atoms with Crippen LogP contribution in [0.3, 0.4) is 0 Å². The number of fused-ring (bicyclic) bond motifs is 2. The zero-order chi connectivity index (χ0) is 41.9. The molecule has 0 bridgehead atoms. The molecule has 1 saturated carbocycles. The van der Waals surface area contributed by atoms with Crippen molar-refractivity contribution in [2.45, 2.75) is 115 Å². The van der Waals surface area contributed by atoms with Crippen LogP contribution in [-0.4, -0.2) is 51.6 Å². The maximum atomic E-state index is 14.3. The number of nitrogens with zero attached hydrogens (tertiary/aromatic N) is 2. The minimum atomic E-state index is -1.05. The summed E-state index contributed by atoms with van der Waals surface area (Å²) in [6, 6.07) is 27.2. The third-order valence-electron chi connectivity index (χ3n) is 12.9. The van der Waals surface area contributed by atoms with Gasteiger partial charge in [-0.2, -0.15) is 0 Å². The number of carbonyl (C=O) groups excluding carboxylic acids is 1. The molecule has 0 spiro atoms. The van der Waals surface area contributed by atoms with Crippen molar-refractivity contribution in [1.82, 2.24) is 15.2 Å². The van der Waals surface area contributed by atoms with Gasteiger partial charge in [0.1, 0.15) is 23.6 Å². The van der Waals surface area contributed by atoms with Crippen LogP contribution in [0.5, 0.6) is 11.5 Å². The van der Waals surface area contributed by atoms with Crippen LogP contribution in [0.2, 0.25) is 10.0 Å². The van der Waals surface area contributed by atoms with Crippen molar-refractivity contribution in [2.75, 3.05) is 6.61 Å². The Balaban J connectivity index is 0.964. The number of ether oxygens (including phenoxy) is 2. The summed E-state index contributed by atoms with van der Waals surface area (Å²) in [4.78, 5) is 33.6. The van der Waals surface area contributed by atoms with E-state index < -0.39 is 18.1 Å². The van der Waals surface area contributed by atoms with Gasteiger partial charge in [0.2, 0.25) is 5.91 Å².